The minimum atomic E-state index is -0.296. The molecule has 1 aromatic carbocycles. The lowest BCUT2D eigenvalue weighted by molar-refractivity contribution is 0.171. The molecule has 0 spiro atoms. The maximum absolute atomic E-state index is 12.2. The Morgan fingerprint density at radius 1 is 1.19 bits per heavy atom. The molecule has 1 aromatic heterocycles. The molecule has 6 heteroatoms. The van der Waals surface area contributed by atoms with Gasteiger partial charge in [-0.05, 0) is 30.3 Å². The number of ether oxygens (including phenoxy) is 2. The van der Waals surface area contributed by atoms with Gasteiger partial charge < -0.3 is 19.8 Å². The summed E-state index contributed by atoms with van der Waals surface area (Å²) in [7, 11) is 1.65. The maximum Gasteiger partial charge on any atom is 0.261 e. The van der Waals surface area contributed by atoms with Crippen LogP contribution in [0, 0.1) is 5.41 Å². The summed E-state index contributed by atoms with van der Waals surface area (Å²) < 4.78 is 12.5. The predicted molar refractivity (Wildman–Crippen MR) is 79.1 cm³/mol. The van der Waals surface area contributed by atoms with Crippen molar-refractivity contribution in [3.8, 4) is 22.8 Å². The second-order valence-electron chi connectivity index (χ2n) is 4.77. The van der Waals surface area contributed by atoms with E-state index in [-0.39, 0.29) is 17.0 Å². The van der Waals surface area contributed by atoms with Crippen molar-refractivity contribution in [2.45, 2.75) is 0 Å². The third-order valence-electron chi connectivity index (χ3n) is 3.43. The summed E-state index contributed by atoms with van der Waals surface area (Å²) in [6.07, 6.45) is 0. The van der Waals surface area contributed by atoms with Crippen LogP contribution in [0.15, 0.2) is 35.1 Å². The molecular formula is C15H15N3O3. The van der Waals surface area contributed by atoms with Crippen molar-refractivity contribution >= 4 is 5.84 Å². The highest BCUT2D eigenvalue weighted by atomic mass is 16.6. The summed E-state index contributed by atoms with van der Waals surface area (Å²) in [5.74, 6) is 1.14. The molecule has 1 aliphatic heterocycles. The van der Waals surface area contributed by atoms with E-state index in [1.165, 1.54) is 4.57 Å². The van der Waals surface area contributed by atoms with Crippen LogP contribution < -0.4 is 20.8 Å². The highest BCUT2D eigenvalue weighted by Crippen LogP contribution is 2.34. The lowest BCUT2D eigenvalue weighted by Crippen LogP contribution is -2.28. The Hall–Kier alpha value is -2.76. The third kappa shape index (κ3) is 2.24. The molecule has 2 heterocycles. The summed E-state index contributed by atoms with van der Waals surface area (Å²) in [6, 6.07) is 8.87. The molecule has 108 valence electrons. The van der Waals surface area contributed by atoms with Crippen LogP contribution in [0.25, 0.3) is 11.3 Å². The van der Waals surface area contributed by atoms with Gasteiger partial charge in [0.2, 0.25) is 0 Å². The largest absolute Gasteiger partial charge is 0.486 e. The molecule has 0 radical (unpaired) electrons. The summed E-state index contributed by atoms with van der Waals surface area (Å²) in [6.45, 7) is 1.05. The molecule has 6 nitrogen and oxygen atoms in total. The lowest BCUT2D eigenvalue weighted by Gasteiger charge is -2.19. The Balaban J connectivity index is 2.11. The molecule has 3 rings (SSSR count). The SMILES string of the molecule is Cn1c(-c2ccc3c(c2)OCCO3)ccc(C(=N)N)c1=O. The van der Waals surface area contributed by atoms with Gasteiger partial charge in [-0.3, -0.25) is 10.2 Å². The van der Waals surface area contributed by atoms with E-state index in [1.807, 2.05) is 18.2 Å². The lowest BCUT2D eigenvalue weighted by atomic mass is 10.1. The number of nitrogens with one attached hydrogen (secondary N) is 1. The van der Waals surface area contributed by atoms with Crippen LogP contribution in [-0.4, -0.2) is 23.6 Å². The van der Waals surface area contributed by atoms with Gasteiger partial charge in [0.1, 0.15) is 19.0 Å². The summed E-state index contributed by atoms with van der Waals surface area (Å²) >= 11 is 0. The van der Waals surface area contributed by atoms with Crippen LogP contribution >= 0.6 is 0 Å². The number of pyridine rings is 1. The zero-order valence-electron chi connectivity index (χ0n) is 11.6. The molecule has 0 bridgehead atoms. The van der Waals surface area contributed by atoms with E-state index in [0.29, 0.717) is 24.7 Å². The molecule has 0 saturated carbocycles. The normalized spacial score (nSPS) is 13.0. The fraction of sp³-hybridized carbons (Fsp3) is 0.200. The summed E-state index contributed by atoms with van der Waals surface area (Å²) in [4.78, 5) is 12.2. The minimum absolute atomic E-state index is 0.193. The number of amidine groups is 1. The first-order valence-electron chi connectivity index (χ1n) is 6.52. The van der Waals surface area contributed by atoms with Crippen LogP contribution in [0.3, 0.4) is 0 Å². The zero-order valence-corrected chi connectivity index (χ0v) is 11.6. The van der Waals surface area contributed by atoms with E-state index in [1.54, 1.807) is 19.2 Å². The molecular weight excluding hydrogens is 270 g/mol. The van der Waals surface area contributed by atoms with Gasteiger partial charge in [-0.15, -0.1) is 0 Å². The molecule has 0 fully saturated rings. The maximum atomic E-state index is 12.2. The molecule has 2 aromatic rings. The number of aromatic nitrogens is 1. The van der Waals surface area contributed by atoms with Gasteiger partial charge >= 0.3 is 0 Å². The Morgan fingerprint density at radius 2 is 1.90 bits per heavy atom. The Kier molecular flexibility index (Phi) is 3.13. The zero-order chi connectivity index (χ0) is 15.0. The summed E-state index contributed by atoms with van der Waals surface area (Å²) in [5, 5.41) is 7.40. The number of rotatable bonds is 2. The Morgan fingerprint density at radius 3 is 2.62 bits per heavy atom. The molecule has 0 saturated heterocycles. The van der Waals surface area contributed by atoms with Crippen molar-refractivity contribution in [3.63, 3.8) is 0 Å². The fourth-order valence-electron chi connectivity index (χ4n) is 2.33. The average molecular weight is 285 g/mol. The second kappa shape index (κ2) is 4.97. The first kappa shape index (κ1) is 13.2. The number of nitrogens with zero attached hydrogens (tertiary/aromatic N) is 1. The number of fused-ring (bicyclic) bond motifs is 1. The minimum Gasteiger partial charge on any atom is -0.486 e. The van der Waals surface area contributed by atoms with E-state index >= 15 is 0 Å². The highest BCUT2D eigenvalue weighted by Gasteiger charge is 2.15. The standard InChI is InChI=1S/C15H15N3O3/c1-18-11(4-3-10(14(16)17)15(18)19)9-2-5-12-13(8-9)21-7-6-20-12/h2-5,8H,6-7H2,1H3,(H3,16,17). The second-order valence-corrected chi connectivity index (χ2v) is 4.77. The van der Waals surface area contributed by atoms with Gasteiger partial charge in [0.25, 0.3) is 5.56 Å². The molecule has 0 atom stereocenters. The van der Waals surface area contributed by atoms with Crippen molar-refractivity contribution < 1.29 is 9.47 Å². The van der Waals surface area contributed by atoms with E-state index < -0.39 is 0 Å². The predicted octanol–water partition coefficient (Wildman–Crippen LogP) is 1.11. The molecule has 0 amide bonds. The van der Waals surface area contributed by atoms with Gasteiger partial charge in [0.15, 0.2) is 11.5 Å². The number of nitrogen functional groups attached to an aromatic ring is 1. The molecule has 3 N–H and O–H groups in total. The van der Waals surface area contributed by atoms with Crippen molar-refractivity contribution in [1.82, 2.24) is 4.57 Å². The van der Waals surface area contributed by atoms with Crippen LogP contribution in [0.5, 0.6) is 11.5 Å². The topological polar surface area (TPSA) is 90.3 Å². The Labute approximate surface area is 121 Å². The van der Waals surface area contributed by atoms with Crippen LogP contribution in [0.1, 0.15) is 5.56 Å². The fourth-order valence-corrected chi connectivity index (χ4v) is 2.33. The molecule has 21 heavy (non-hydrogen) atoms. The van der Waals surface area contributed by atoms with E-state index in [4.69, 9.17) is 20.6 Å². The smallest absolute Gasteiger partial charge is 0.261 e. The quantitative estimate of drug-likeness (QED) is 0.639. The van der Waals surface area contributed by atoms with E-state index in [2.05, 4.69) is 0 Å². The summed E-state index contributed by atoms with van der Waals surface area (Å²) in [5.41, 5.74) is 6.86. The van der Waals surface area contributed by atoms with Crippen molar-refractivity contribution in [1.29, 1.82) is 5.41 Å². The Bertz CT molecular complexity index is 780. The first-order chi connectivity index (χ1) is 10.1. The van der Waals surface area contributed by atoms with Crippen molar-refractivity contribution in [2.75, 3.05) is 13.2 Å². The van der Waals surface area contributed by atoms with Crippen LogP contribution in [-0.2, 0) is 7.05 Å². The van der Waals surface area contributed by atoms with Crippen LogP contribution in [0.2, 0.25) is 0 Å². The van der Waals surface area contributed by atoms with Gasteiger partial charge in [-0.2, -0.15) is 0 Å². The van der Waals surface area contributed by atoms with Gasteiger partial charge in [0, 0.05) is 12.6 Å². The van der Waals surface area contributed by atoms with Gasteiger partial charge in [-0.25, -0.2) is 0 Å². The van der Waals surface area contributed by atoms with Crippen molar-refractivity contribution in [3.05, 3.63) is 46.2 Å². The monoisotopic (exact) mass is 285 g/mol. The number of benzene rings is 1. The third-order valence-corrected chi connectivity index (χ3v) is 3.43. The first-order valence-corrected chi connectivity index (χ1v) is 6.52. The van der Waals surface area contributed by atoms with Crippen molar-refractivity contribution in [2.24, 2.45) is 12.8 Å². The number of nitrogens with two attached hydrogens (primary N) is 1. The number of hydrogen-bond acceptors (Lipinski definition) is 4. The highest BCUT2D eigenvalue weighted by molar-refractivity contribution is 5.94. The molecule has 0 aliphatic carbocycles. The van der Waals surface area contributed by atoms with E-state index in [0.717, 1.165) is 11.3 Å². The van der Waals surface area contributed by atoms with Gasteiger partial charge in [-0.1, -0.05) is 0 Å². The molecule has 1 aliphatic rings. The molecule has 0 unspecified atom stereocenters. The number of hydrogen-bond donors (Lipinski definition) is 2. The van der Waals surface area contributed by atoms with Gasteiger partial charge in [0.05, 0.1) is 11.3 Å². The van der Waals surface area contributed by atoms with Crippen LogP contribution in [0.4, 0.5) is 0 Å². The average Bonchev–Trinajstić information content (AvgIpc) is 2.49. The van der Waals surface area contributed by atoms with E-state index in [9.17, 15) is 4.79 Å².